The molecule has 0 bridgehead atoms. The fourth-order valence-electron chi connectivity index (χ4n) is 1.67. The maximum atomic E-state index is 12.2. The number of carbonyl (C=O) groups excluding carboxylic acids is 2. The number of rotatable bonds is 6. The zero-order valence-electron chi connectivity index (χ0n) is 12.0. The van der Waals surface area contributed by atoms with E-state index in [-0.39, 0.29) is 13.2 Å². The lowest BCUT2D eigenvalue weighted by Crippen LogP contribution is -2.39. The molecule has 0 aliphatic carbocycles. The SMILES string of the molecule is CCCN(CC(=O)OCC)C(=O)Nc1cc(Cl)ccc1Cl. The van der Waals surface area contributed by atoms with Crippen LogP contribution in [0, 0.1) is 0 Å². The van der Waals surface area contributed by atoms with Gasteiger partial charge < -0.3 is 15.0 Å². The Kier molecular flexibility index (Phi) is 7.32. The Balaban J connectivity index is 2.76. The van der Waals surface area contributed by atoms with Gasteiger partial charge in [0.1, 0.15) is 6.54 Å². The van der Waals surface area contributed by atoms with Crippen molar-refractivity contribution in [2.75, 3.05) is 25.0 Å². The third-order valence-electron chi connectivity index (χ3n) is 2.58. The maximum Gasteiger partial charge on any atom is 0.325 e. The maximum absolute atomic E-state index is 12.2. The number of hydrogen-bond acceptors (Lipinski definition) is 3. The average Bonchev–Trinajstić information content (AvgIpc) is 2.42. The van der Waals surface area contributed by atoms with Gasteiger partial charge in [0.25, 0.3) is 0 Å². The van der Waals surface area contributed by atoms with E-state index in [1.807, 2.05) is 6.92 Å². The second-order valence-electron chi connectivity index (χ2n) is 4.28. The molecule has 0 aromatic heterocycles. The van der Waals surface area contributed by atoms with Crippen LogP contribution in [0.3, 0.4) is 0 Å². The number of benzene rings is 1. The predicted octanol–water partition coefficient (Wildman–Crippen LogP) is 3.80. The van der Waals surface area contributed by atoms with Gasteiger partial charge in [0.2, 0.25) is 0 Å². The molecule has 21 heavy (non-hydrogen) atoms. The molecular weight excluding hydrogens is 315 g/mol. The summed E-state index contributed by atoms with van der Waals surface area (Å²) < 4.78 is 4.85. The molecule has 5 nitrogen and oxygen atoms in total. The number of amides is 2. The number of anilines is 1. The van der Waals surface area contributed by atoms with E-state index < -0.39 is 12.0 Å². The van der Waals surface area contributed by atoms with Crippen molar-refractivity contribution in [1.29, 1.82) is 0 Å². The van der Waals surface area contributed by atoms with E-state index in [2.05, 4.69) is 5.32 Å². The lowest BCUT2D eigenvalue weighted by Gasteiger charge is -2.21. The van der Waals surface area contributed by atoms with E-state index >= 15 is 0 Å². The summed E-state index contributed by atoms with van der Waals surface area (Å²) in [6.45, 7) is 4.24. The fourth-order valence-corrected chi connectivity index (χ4v) is 2.01. The Hall–Kier alpha value is -1.46. The molecule has 2 amide bonds. The van der Waals surface area contributed by atoms with Gasteiger partial charge in [0, 0.05) is 11.6 Å². The average molecular weight is 333 g/mol. The predicted molar refractivity (Wildman–Crippen MR) is 84.0 cm³/mol. The number of halogens is 2. The van der Waals surface area contributed by atoms with E-state index in [4.69, 9.17) is 27.9 Å². The molecular formula is C14H18Cl2N2O3. The van der Waals surface area contributed by atoms with E-state index in [0.717, 1.165) is 6.42 Å². The molecule has 0 radical (unpaired) electrons. The van der Waals surface area contributed by atoms with Crippen molar-refractivity contribution in [3.8, 4) is 0 Å². The first-order valence-electron chi connectivity index (χ1n) is 6.64. The van der Waals surface area contributed by atoms with Crippen molar-refractivity contribution in [3.05, 3.63) is 28.2 Å². The van der Waals surface area contributed by atoms with Crippen LogP contribution in [-0.2, 0) is 9.53 Å². The summed E-state index contributed by atoms with van der Waals surface area (Å²) in [4.78, 5) is 25.1. The molecule has 1 N–H and O–H groups in total. The van der Waals surface area contributed by atoms with Crippen LogP contribution in [0.1, 0.15) is 20.3 Å². The summed E-state index contributed by atoms with van der Waals surface area (Å²) in [6, 6.07) is 4.35. The molecule has 0 unspecified atom stereocenters. The Labute approximate surface area is 134 Å². The molecule has 0 aliphatic rings. The first-order chi connectivity index (χ1) is 9.97. The van der Waals surface area contributed by atoms with Crippen molar-refractivity contribution in [2.24, 2.45) is 0 Å². The Bertz CT molecular complexity index is 509. The quantitative estimate of drug-likeness (QED) is 0.806. The third-order valence-corrected chi connectivity index (χ3v) is 3.14. The van der Waals surface area contributed by atoms with Crippen molar-refractivity contribution in [2.45, 2.75) is 20.3 Å². The van der Waals surface area contributed by atoms with Gasteiger partial charge in [0.05, 0.1) is 17.3 Å². The van der Waals surface area contributed by atoms with E-state index in [9.17, 15) is 9.59 Å². The molecule has 0 fully saturated rings. The minimum Gasteiger partial charge on any atom is -0.465 e. The number of nitrogens with one attached hydrogen (secondary N) is 1. The normalized spacial score (nSPS) is 10.1. The van der Waals surface area contributed by atoms with Crippen molar-refractivity contribution >= 4 is 40.9 Å². The van der Waals surface area contributed by atoms with Crippen LogP contribution in [0.4, 0.5) is 10.5 Å². The lowest BCUT2D eigenvalue weighted by atomic mass is 10.3. The van der Waals surface area contributed by atoms with Gasteiger partial charge >= 0.3 is 12.0 Å². The van der Waals surface area contributed by atoms with Gasteiger partial charge in [-0.2, -0.15) is 0 Å². The van der Waals surface area contributed by atoms with Crippen LogP contribution in [0.2, 0.25) is 10.0 Å². The van der Waals surface area contributed by atoms with Crippen LogP contribution < -0.4 is 5.32 Å². The molecule has 116 valence electrons. The molecule has 0 saturated heterocycles. The zero-order chi connectivity index (χ0) is 15.8. The highest BCUT2D eigenvalue weighted by Gasteiger charge is 2.18. The van der Waals surface area contributed by atoms with Gasteiger partial charge in [0.15, 0.2) is 0 Å². The molecule has 0 spiro atoms. The van der Waals surface area contributed by atoms with Gasteiger partial charge in [-0.1, -0.05) is 30.1 Å². The molecule has 1 rings (SSSR count). The Morgan fingerprint density at radius 2 is 2.00 bits per heavy atom. The second-order valence-corrected chi connectivity index (χ2v) is 5.12. The Morgan fingerprint density at radius 1 is 1.29 bits per heavy atom. The second kappa shape index (κ2) is 8.74. The summed E-state index contributed by atoms with van der Waals surface area (Å²) in [5.41, 5.74) is 0.402. The highest BCUT2D eigenvalue weighted by molar-refractivity contribution is 6.35. The molecule has 0 heterocycles. The monoisotopic (exact) mass is 332 g/mol. The molecule has 1 aromatic rings. The topological polar surface area (TPSA) is 58.6 Å². The first kappa shape index (κ1) is 17.6. The first-order valence-corrected chi connectivity index (χ1v) is 7.40. The number of nitrogens with zero attached hydrogens (tertiary/aromatic N) is 1. The number of ether oxygens (including phenoxy) is 1. The van der Waals surface area contributed by atoms with Crippen LogP contribution in [0.15, 0.2) is 18.2 Å². The Morgan fingerprint density at radius 3 is 2.62 bits per heavy atom. The van der Waals surface area contributed by atoms with Gasteiger partial charge in [-0.25, -0.2) is 4.79 Å². The van der Waals surface area contributed by atoms with Crippen molar-refractivity contribution in [1.82, 2.24) is 4.90 Å². The number of carbonyl (C=O) groups is 2. The molecule has 7 heteroatoms. The number of hydrogen-bond donors (Lipinski definition) is 1. The summed E-state index contributed by atoms with van der Waals surface area (Å²) >= 11 is 11.9. The van der Waals surface area contributed by atoms with Gasteiger partial charge in [-0.3, -0.25) is 4.79 Å². The molecule has 1 aromatic carbocycles. The number of esters is 1. The van der Waals surface area contributed by atoms with Crippen molar-refractivity contribution < 1.29 is 14.3 Å². The lowest BCUT2D eigenvalue weighted by molar-refractivity contribution is -0.143. The number of urea groups is 1. The van der Waals surface area contributed by atoms with Gasteiger partial charge in [-0.15, -0.1) is 0 Å². The minimum atomic E-state index is -0.446. The largest absolute Gasteiger partial charge is 0.465 e. The third kappa shape index (κ3) is 5.81. The van der Waals surface area contributed by atoms with E-state index in [0.29, 0.717) is 22.3 Å². The highest BCUT2D eigenvalue weighted by Crippen LogP contribution is 2.25. The van der Waals surface area contributed by atoms with Crippen LogP contribution in [-0.4, -0.2) is 36.6 Å². The van der Waals surface area contributed by atoms with E-state index in [1.54, 1.807) is 25.1 Å². The molecule has 0 atom stereocenters. The zero-order valence-corrected chi connectivity index (χ0v) is 13.5. The standard InChI is InChI=1S/C14H18Cl2N2O3/c1-3-7-18(9-13(19)21-4-2)14(20)17-12-8-10(15)5-6-11(12)16/h5-6,8H,3-4,7,9H2,1-2H3,(H,17,20). The summed E-state index contributed by atoms with van der Waals surface area (Å²) in [5, 5.41) is 3.48. The molecule has 0 aliphatic heterocycles. The van der Waals surface area contributed by atoms with Gasteiger partial charge in [-0.05, 0) is 31.5 Å². The summed E-state index contributed by atoms with van der Waals surface area (Å²) in [6.07, 6.45) is 0.718. The smallest absolute Gasteiger partial charge is 0.325 e. The summed E-state index contributed by atoms with van der Waals surface area (Å²) in [5.74, 6) is -0.446. The van der Waals surface area contributed by atoms with Crippen LogP contribution in [0.25, 0.3) is 0 Å². The van der Waals surface area contributed by atoms with E-state index in [1.165, 1.54) is 4.90 Å². The van der Waals surface area contributed by atoms with Crippen LogP contribution >= 0.6 is 23.2 Å². The minimum absolute atomic E-state index is 0.105. The highest BCUT2D eigenvalue weighted by atomic mass is 35.5. The summed E-state index contributed by atoms with van der Waals surface area (Å²) in [7, 11) is 0. The van der Waals surface area contributed by atoms with Crippen molar-refractivity contribution in [3.63, 3.8) is 0 Å². The molecule has 0 saturated carbocycles. The fraction of sp³-hybridized carbons (Fsp3) is 0.429. The van der Waals surface area contributed by atoms with Crippen LogP contribution in [0.5, 0.6) is 0 Å².